The Kier molecular flexibility index (Phi) is 7.95. The monoisotopic (exact) mass is 468 g/mol. The van der Waals surface area contributed by atoms with Crippen molar-refractivity contribution in [1.29, 1.82) is 10.5 Å². The van der Waals surface area contributed by atoms with Gasteiger partial charge in [-0.25, -0.2) is 4.98 Å². The summed E-state index contributed by atoms with van der Waals surface area (Å²) in [4.78, 5) is 15.9. The highest BCUT2D eigenvalue weighted by Gasteiger charge is 2.21. The van der Waals surface area contributed by atoms with Crippen LogP contribution in [0, 0.1) is 22.7 Å². The average Bonchev–Trinajstić information content (AvgIpc) is 3.29. The fourth-order valence-electron chi connectivity index (χ4n) is 3.72. The Hall–Kier alpha value is -4.23. The number of imidazole rings is 1. The lowest BCUT2D eigenvalue weighted by molar-refractivity contribution is 0.0622. The molecule has 3 aromatic carbocycles. The molecule has 0 aliphatic heterocycles. The van der Waals surface area contributed by atoms with Crippen LogP contribution < -0.4 is 0 Å². The van der Waals surface area contributed by atoms with Crippen molar-refractivity contribution >= 4 is 18.7 Å². The van der Waals surface area contributed by atoms with E-state index in [-0.39, 0.29) is 12.4 Å². The highest BCUT2D eigenvalue weighted by Crippen LogP contribution is 2.33. The molecule has 0 saturated carbocycles. The van der Waals surface area contributed by atoms with Crippen molar-refractivity contribution in [3.63, 3.8) is 0 Å². The van der Waals surface area contributed by atoms with Crippen LogP contribution in [-0.2, 0) is 18.4 Å². The van der Waals surface area contributed by atoms with E-state index in [1.807, 2.05) is 48.0 Å². The number of hydrogen-bond donors (Lipinski definition) is 0. The third-order valence-corrected chi connectivity index (χ3v) is 5.47. The van der Waals surface area contributed by atoms with Crippen molar-refractivity contribution in [2.24, 2.45) is 7.05 Å². The second-order valence-electron chi connectivity index (χ2n) is 7.55. The van der Waals surface area contributed by atoms with E-state index in [0.29, 0.717) is 34.4 Å². The number of benzene rings is 3. The largest absolute Gasteiger partial charge is 0.363 e. The van der Waals surface area contributed by atoms with Crippen molar-refractivity contribution in [2.75, 3.05) is 0 Å². The highest BCUT2D eigenvalue weighted by atomic mass is 35.5. The van der Waals surface area contributed by atoms with Gasteiger partial charge in [-0.2, -0.15) is 10.5 Å². The minimum Gasteiger partial charge on any atom is -0.363 e. The van der Waals surface area contributed by atoms with Gasteiger partial charge in [-0.05, 0) is 41.0 Å². The maximum absolute atomic E-state index is 11.6. The third kappa shape index (κ3) is 5.05. The van der Waals surface area contributed by atoms with Crippen molar-refractivity contribution in [2.45, 2.75) is 12.7 Å². The summed E-state index contributed by atoms with van der Waals surface area (Å²) in [5.74, 6) is 0. The summed E-state index contributed by atoms with van der Waals surface area (Å²) in [5, 5.41) is 18.7. The molecular formula is C27H21ClN4O2. The standard InChI is InChI=1S/C27H20N4O2.ClH/c1-31-18-30-15-26(31)27(33-17-20-8-6-19(13-28)7-9-20)21-10-11-22(14-29)25(12-21)24-5-3-2-4-23(24)16-32;/h2-12,15-16,18,27H,17H2,1H3;1H. The number of halogens is 1. The van der Waals surface area contributed by atoms with Crippen LogP contribution in [0.25, 0.3) is 11.1 Å². The predicted molar refractivity (Wildman–Crippen MR) is 130 cm³/mol. The molecular weight excluding hydrogens is 448 g/mol. The third-order valence-electron chi connectivity index (χ3n) is 5.47. The van der Waals surface area contributed by atoms with E-state index in [0.717, 1.165) is 23.1 Å². The lowest BCUT2D eigenvalue weighted by Crippen LogP contribution is -2.11. The summed E-state index contributed by atoms with van der Waals surface area (Å²) >= 11 is 0. The first kappa shape index (κ1) is 24.4. The molecule has 0 radical (unpaired) electrons. The summed E-state index contributed by atoms with van der Waals surface area (Å²) in [6.07, 6.45) is 3.80. The van der Waals surface area contributed by atoms with E-state index in [9.17, 15) is 10.1 Å². The number of ether oxygens (including phenoxy) is 1. The van der Waals surface area contributed by atoms with Crippen LogP contribution in [0.1, 0.15) is 44.4 Å². The van der Waals surface area contributed by atoms with E-state index in [1.165, 1.54) is 0 Å². The maximum atomic E-state index is 11.6. The Morgan fingerprint density at radius 3 is 2.44 bits per heavy atom. The number of aromatic nitrogens is 2. The van der Waals surface area contributed by atoms with E-state index < -0.39 is 6.10 Å². The zero-order valence-electron chi connectivity index (χ0n) is 18.4. The highest BCUT2D eigenvalue weighted by molar-refractivity contribution is 5.89. The molecule has 0 saturated heterocycles. The van der Waals surface area contributed by atoms with Gasteiger partial charge in [-0.1, -0.05) is 42.5 Å². The molecule has 1 heterocycles. The van der Waals surface area contributed by atoms with E-state index in [1.54, 1.807) is 42.9 Å². The Balaban J connectivity index is 0.00000324. The van der Waals surface area contributed by atoms with Crippen LogP contribution in [0.2, 0.25) is 0 Å². The molecule has 4 rings (SSSR count). The fourth-order valence-corrected chi connectivity index (χ4v) is 3.72. The van der Waals surface area contributed by atoms with Gasteiger partial charge in [0.05, 0.1) is 48.1 Å². The van der Waals surface area contributed by atoms with Gasteiger partial charge in [-0.15, -0.1) is 12.4 Å². The SMILES string of the molecule is Cl.Cn1cncc1C(OCc1ccc(C#N)cc1)c1ccc(C#N)c(-c2ccccc2C=O)c1. The Bertz CT molecular complexity index is 1380. The molecule has 0 spiro atoms. The van der Waals surface area contributed by atoms with Gasteiger partial charge in [0.2, 0.25) is 0 Å². The normalized spacial score (nSPS) is 11.0. The molecule has 168 valence electrons. The number of nitriles is 2. The Morgan fingerprint density at radius 2 is 1.79 bits per heavy atom. The Morgan fingerprint density at radius 1 is 1.03 bits per heavy atom. The number of hydrogen-bond acceptors (Lipinski definition) is 5. The van der Waals surface area contributed by atoms with Gasteiger partial charge < -0.3 is 9.30 Å². The predicted octanol–water partition coefficient (Wildman–Crippen LogP) is 5.37. The molecule has 0 bridgehead atoms. The van der Waals surface area contributed by atoms with Crippen molar-refractivity contribution in [1.82, 2.24) is 9.55 Å². The lowest BCUT2D eigenvalue weighted by atomic mass is 9.92. The van der Waals surface area contributed by atoms with Gasteiger partial charge >= 0.3 is 0 Å². The summed E-state index contributed by atoms with van der Waals surface area (Å²) in [7, 11) is 1.90. The smallest absolute Gasteiger partial charge is 0.150 e. The van der Waals surface area contributed by atoms with Crippen molar-refractivity contribution in [3.8, 4) is 23.3 Å². The van der Waals surface area contributed by atoms with Gasteiger partial charge in [-0.3, -0.25) is 4.79 Å². The van der Waals surface area contributed by atoms with Crippen LogP contribution >= 0.6 is 12.4 Å². The summed E-state index contributed by atoms with van der Waals surface area (Å²) < 4.78 is 8.23. The molecule has 34 heavy (non-hydrogen) atoms. The zero-order valence-corrected chi connectivity index (χ0v) is 19.2. The first-order chi connectivity index (χ1) is 16.1. The summed E-state index contributed by atoms with van der Waals surface area (Å²) in [6.45, 7) is 0.321. The molecule has 1 unspecified atom stereocenters. The fraction of sp³-hybridized carbons (Fsp3) is 0.111. The van der Waals surface area contributed by atoms with Crippen LogP contribution in [-0.4, -0.2) is 15.8 Å². The number of carbonyl (C=O) groups excluding carboxylic acids is 1. The molecule has 0 amide bonds. The number of aldehydes is 1. The molecule has 0 N–H and O–H groups in total. The molecule has 0 aliphatic carbocycles. The second kappa shape index (κ2) is 11.1. The van der Waals surface area contributed by atoms with Crippen molar-refractivity contribution in [3.05, 3.63) is 113 Å². The lowest BCUT2D eigenvalue weighted by Gasteiger charge is -2.20. The Labute approximate surface area is 204 Å². The summed E-state index contributed by atoms with van der Waals surface area (Å²) in [6, 6.07) is 24.3. The molecule has 1 atom stereocenters. The van der Waals surface area contributed by atoms with Crippen LogP contribution in [0.5, 0.6) is 0 Å². The molecule has 0 fully saturated rings. The molecule has 0 aliphatic rings. The molecule has 6 nitrogen and oxygen atoms in total. The van der Waals surface area contributed by atoms with E-state index in [4.69, 9.17) is 10.00 Å². The number of aryl methyl sites for hydroxylation is 1. The van der Waals surface area contributed by atoms with E-state index in [2.05, 4.69) is 17.1 Å². The first-order valence-electron chi connectivity index (χ1n) is 10.3. The average molecular weight is 469 g/mol. The first-order valence-corrected chi connectivity index (χ1v) is 10.3. The van der Waals surface area contributed by atoms with Crippen LogP contribution in [0.4, 0.5) is 0 Å². The van der Waals surface area contributed by atoms with E-state index >= 15 is 0 Å². The zero-order chi connectivity index (χ0) is 23.2. The number of nitrogens with zero attached hydrogens (tertiary/aromatic N) is 4. The summed E-state index contributed by atoms with van der Waals surface area (Å²) in [5.41, 5.74) is 5.57. The van der Waals surface area contributed by atoms with Gasteiger partial charge in [0, 0.05) is 18.2 Å². The number of carbonyl (C=O) groups is 1. The van der Waals surface area contributed by atoms with Crippen LogP contribution in [0.3, 0.4) is 0 Å². The minimum absolute atomic E-state index is 0. The maximum Gasteiger partial charge on any atom is 0.150 e. The molecule has 4 aromatic rings. The van der Waals surface area contributed by atoms with Gasteiger partial charge in [0.15, 0.2) is 6.29 Å². The van der Waals surface area contributed by atoms with Crippen LogP contribution in [0.15, 0.2) is 79.3 Å². The van der Waals surface area contributed by atoms with Gasteiger partial charge in [0.1, 0.15) is 6.10 Å². The number of rotatable bonds is 7. The minimum atomic E-state index is -0.456. The van der Waals surface area contributed by atoms with Crippen molar-refractivity contribution < 1.29 is 9.53 Å². The molecule has 7 heteroatoms. The van der Waals surface area contributed by atoms with Gasteiger partial charge in [0.25, 0.3) is 0 Å². The quantitative estimate of drug-likeness (QED) is 0.340. The molecule has 1 aromatic heterocycles. The second-order valence-corrected chi connectivity index (χ2v) is 7.55. The topological polar surface area (TPSA) is 91.7 Å².